The number of likely N-dealkylation sites (tertiary alicyclic amines) is 1. The zero-order valence-electron chi connectivity index (χ0n) is 19.9. The highest BCUT2D eigenvalue weighted by atomic mass is 16.5. The molecule has 0 spiro atoms. The van der Waals surface area contributed by atoms with Crippen molar-refractivity contribution in [2.45, 2.75) is 38.1 Å². The van der Waals surface area contributed by atoms with E-state index in [9.17, 15) is 4.79 Å². The van der Waals surface area contributed by atoms with E-state index >= 15 is 0 Å². The van der Waals surface area contributed by atoms with E-state index in [1.54, 1.807) is 19.5 Å². The van der Waals surface area contributed by atoms with Crippen LogP contribution in [0.2, 0.25) is 0 Å². The molecule has 1 saturated heterocycles. The van der Waals surface area contributed by atoms with Crippen LogP contribution in [0.25, 0.3) is 0 Å². The molecule has 0 bridgehead atoms. The Morgan fingerprint density at radius 3 is 2.63 bits per heavy atom. The van der Waals surface area contributed by atoms with Gasteiger partial charge in [-0.05, 0) is 54.7 Å². The zero-order valence-corrected chi connectivity index (χ0v) is 19.9. The molecule has 3 heterocycles. The molecule has 1 amide bonds. The first-order valence-electron chi connectivity index (χ1n) is 12.1. The lowest BCUT2D eigenvalue weighted by Crippen LogP contribution is -2.38. The number of hydrogen-bond donors (Lipinski definition) is 0. The van der Waals surface area contributed by atoms with Gasteiger partial charge in [0.15, 0.2) is 0 Å². The van der Waals surface area contributed by atoms with Crippen molar-refractivity contribution in [1.82, 2.24) is 14.9 Å². The predicted molar refractivity (Wildman–Crippen MR) is 133 cm³/mol. The fourth-order valence-corrected chi connectivity index (χ4v) is 4.60. The van der Waals surface area contributed by atoms with Crippen LogP contribution in [0, 0.1) is 0 Å². The van der Waals surface area contributed by atoms with Gasteiger partial charge in [0, 0.05) is 31.3 Å². The highest BCUT2D eigenvalue weighted by Gasteiger charge is 2.32. The lowest BCUT2D eigenvalue weighted by atomic mass is 10.0. The van der Waals surface area contributed by atoms with Crippen LogP contribution in [0.15, 0.2) is 83.5 Å². The molecule has 1 fully saturated rings. The van der Waals surface area contributed by atoms with Gasteiger partial charge in [-0.1, -0.05) is 42.5 Å². The number of pyridine rings is 1. The molecule has 5 rings (SSSR count). The Kier molecular flexibility index (Phi) is 6.89. The molecule has 1 aliphatic rings. The van der Waals surface area contributed by atoms with Crippen LogP contribution in [0.4, 0.5) is 0 Å². The monoisotopic (exact) mass is 467 g/mol. The number of methoxy groups -OCH3 is 1. The lowest BCUT2D eigenvalue weighted by Gasteiger charge is -2.33. The SMILES string of the molecule is COc1cccc(Cc2cnc(C3CCCCN3C(=O)c3ccc(Cc4ccccc4)nc3)o2)c1. The first-order chi connectivity index (χ1) is 17.2. The third kappa shape index (κ3) is 5.43. The third-order valence-corrected chi connectivity index (χ3v) is 6.43. The van der Waals surface area contributed by atoms with E-state index in [2.05, 4.69) is 22.1 Å². The summed E-state index contributed by atoms with van der Waals surface area (Å²) < 4.78 is 11.5. The smallest absolute Gasteiger partial charge is 0.256 e. The maximum absolute atomic E-state index is 13.4. The fraction of sp³-hybridized carbons (Fsp3) is 0.276. The molecule has 0 aliphatic carbocycles. The van der Waals surface area contributed by atoms with Crippen molar-refractivity contribution in [1.29, 1.82) is 0 Å². The molecule has 4 aromatic rings. The first-order valence-corrected chi connectivity index (χ1v) is 12.1. The Morgan fingerprint density at radius 1 is 0.971 bits per heavy atom. The van der Waals surface area contributed by atoms with Crippen molar-refractivity contribution < 1.29 is 13.9 Å². The largest absolute Gasteiger partial charge is 0.497 e. The average molecular weight is 468 g/mol. The second kappa shape index (κ2) is 10.6. The van der Waals surface area contributed by atoms with Crippen LogP contribution in [0.5, 0.6) is 5.75 Å². The van der Waals surface area contributed by atoms with E-state index in [4.69, 9.17) is 9.15 Å². The summed E-state index contributed by atoms with van der Waals surface area (Å²) in [6.45, 7) is 0.683. The molecule has 2 aromatic heterocycles. The standard InChI is InChI=1S/C29H29N3O3/c1-34-25-11-7-10-22(17-25)18-26-20-31-28(35-26)27-12-5-6-15-32(27)29(33)23-13-14-24(30-19-23)16-21-8-3-2-4-9-21/h2-4,7-11,13-14,17,19-20,27H,5-6,12,15-16,18H2,1H3. The Hall–Kier alpha value is -3.93. The van der Waals surface area contributed by atoms with Crippen LogP contribution in [0.3, 0.4) is 0 Å². The van der Waals surface area contributed by atoms with Crippen molar-refractivity contribution >= 4 is 5.91 Å². The van der Waals surface area contributed by atoms with Gasteiger partial charge in [0.1, 0.15) is 17.6 Å². The number of piperidine rings is 1. The van der Waals surface area contributed by atoms with E-state index in [-0.39, 0.29) is 11.9 Å². The minimum Gasteiger partial charge on any atom is -0.497 e. The molecule has 6 heteroatoms. The number of rotatable bonds is 7. The number of benzene rings is 2. The molecule has 0 radical (unpaired) electrons. The Labute approximate surface area is 205 Å². The molecule has 2 aromatic carbocycles. The number of nitrogens with zero attached hydrogens (tertiary/aromatic N) is 3. The highest BCUT2D eigenvalue weighted by Crippen LogP contribution is 2.32. The summed E-state index contributed by atoms with van der Waals surface area (Å²) in [5, 5.41) is 0. The van der Waals surface area contributed by atoms with Gasteiger partial charge in [0.05, 0.1) is 18.9 Å². The second-order valence-corrected chi connectivity index (χ2v) is 8.90. The summed E-state index contributed by atoms with van der Waals surface area (Å²) in [4.78, 5) is 24.4. The number of hydrogen-bond acceptors (Lipinski definition) is 5. The molecule has 178 valence electrons. The summed E-state index contributed by atoms with van der Waals surface area (Å²) in [5.74, 6) is 2.17. The van der Waals surface area contributed by atoms with Crippen LogP contribution < -0.4 is 4.74 Å². The highest BCUT2D eigenvalue weighted by molar-refractivity contribution is 5.94. The van der Waals surface area contributed by atoms with Gasteiger partial charge < -0.3 is 14.1 Å². The van der Waals surface area contributed by atoms with Crippen molar-refractivity contribution in [3.8, 4) is 5.75 Å². The number of ether oxygens (including phenoxy) is 1. The van der Waals surface area contributed by atoms with Gasteiger partial charge in [-0.15, -0.1) is 0 Å². The number of amides is 1. The van der Waals surface area contributed by atoms with Crippen molar-refractivity contribution in [2.75, 3.05) is 13.7 Å². The number of oxazole rings is 1. The number of carbonyl (C=O) groups is 1. The van der Waals surface area contributed by atoms with Crippen molar-refractivity contribution in [2.24, 2.45) is 0 Å². The normalized spacial score (nSPS) is 15.7. The maximum Gasteiger partial charge on any atom is 0.256 e. The summed E-state index contributed by atoms with van der Waals surface area (Å²) in [7, 11) is 1.66. The molecule has 0 N–H and O–H groups in total. The molecule has 1 aliphatic heterocycles. The van der Waals surface area contributed by atoms with Crippen LogP contribution in [0.1, 0.15) is 64.1 Å². The molecule has 6 nitrogen and oxygen atoms in total. The molecule has 1 atom stereocenters. The van der Waals surface area contributed by atoms with Crippen molar-refractivity contribution in [3.63, 3.8) is 0 Å². The summed E-state index contributed by atoms with van der Waals surface area (Å²) in [6.07, 6.45) is 7.67. The molecular formula is C29H29N3O3. The minimum atomic E-state index is -0.167. The van der Waals surface area contributed by atoms with E-state index in [1.807, 2.05) is 59.5 Å². The minimum absolute atomic E-state index is 0.0268. The quantitative estimate of drug-likeness (QED) is 0.352. The Bertz CT molecular complexity index is 1270. The topological polar surface area (TPSA) is 68.5 Å². The summed E-state index contributed by atoms with van der Waals surface area (Å²) in [6, 6.07) is 21.8. The predicted octanol–water partition coefficient (Wildman–Crippen LogP) is 5.63. The maximum atomic E-state index is 13.4. The van der Waals surface area contributed by atoms with Gasteiger partial charge in [0.25, 0.3) is 5.91 Å². The number of aromatic nitrogens is 2. The molecule has 1 unspecified atom stereocenters. The lowest BCUT2D eigenvalue weighted by molar-refractivity contribution is 0.0569. The van der Waals surface area contributed by atoms with Crippen molar-refractivity contribution in [3.05, 3.63) is 113 Å². The van der Waals surface area contributed by atoms with Crippen LogP contribution in [-0.2, 0) is 12.8 Å². The van der Waals surface area contributed by atoms with E-state index in [1.165, 1.54) is 5.56 Å². The average Bonchev–Trinajstić information content (AvgIpc) is 3.37. The first kappa shape index (κ1) is 22.8. The zero-order chi connectivity index (χ0) is 24.0. The third-order valence-electron chi connectivity index (χ3n) is 6.43. The number of carbonyl (C=O) groups excluding carboxylic acids is 1. The van der Waals surface area contributed by atoms with Gasteiger partial charge in [0.2, 0.25) is 5.89 Å². The van der Waals surface area contributed by atoms with Gasteiger partial charge >= 0.3 is 0 Å². The van der Waals surface area contributed by atoms with E-state index < -0.39 is 0 Å². The summed E-state index contributed by atoms with van der Waals surface area (Å²) in [5.41, 5.74) is 3.82. The van der Waals surface area contributed by atoms with Crippen LogP contribution in [-0.4, -0.2) is 34.4 Å². The van der Waals surface area contributed by atoms with E-state index in [0.29, 0.717) is 24.4 Å². The molecule has 35 heavy (non-hydrogen) atoms. The second-order valence-electron chi connectivity index (χ2n) is 8.90. The van der Waals surface area contributed by atoms with Gasteiger partial charge in [-0.25, -0.2) is 4.98 Å². The Morgan fingerprint density at radius 2 is 1.83 bits per heavy atom. The summed E-state index contributed by atoms with van der Waals surface area (Å²) >= 11 is 0. The van der Waals surface area contributed by atoms with Gasteiger partial charge in [-0.3, -0.25) is 9.78 Å². The van der Waals surface area contributed by atoms with E-state index in [0.717, 1.165) is 48.5 Å². The molecule has 0 saturated carbocycles. The van der Waals surface area contributed by atoms with Gasteiger partial charge in [-0.2, -0.15) is 0 Å². The molecular weight excluding hydrogens is 438 g/mol. The Balaban J connectivity index is 1.29. The fourth-order valence-electron chi connectivity index (χ4n) is 4.60. The van der Waals surface area contributed by atoms with Crippen LogP contribution >= 0.6 is 0 Å².